The maximum Gasteiger partial charge on any atom is 0.245 e. The van der Waals surface area contributed by atoms with E-state index in [0.29, 0.717) is 11.8 Å². The Hall–Kier alpha value is 0.471. The van der Waals surface area contributed by atoms with Crippen LogP contribution in [0.1, 0.15) is 41.5 Å². The van der Waals surface area contributed by atoms with Gasteiger partial charge in [-0.2, -0.15) is 0 Å². The largest absolute Gasteiger partial charge is 0.245 e. The summed E-state index contributed by atoms with van der Waals surface area (Å²) in [6, 6.07) is 0. The molecule has 0 aliphatic heterocycles. The molecule has 2 aliphatic carbocycles. The van der Waals surface area contributed by atoms with Gasteiger partial charge in [-0.25, -0.2) is 0 Å². The van der Waals surface area contributed by atoms with Crippen LogP contribution in [0.15, 0.2) is 42.2 Å². The second-order valence-corrected chi connectivity index (χ2v) is 17.8. The molecule has 0 bridgehead atoms. The zero-order chi connectivity index (χ0) is 17.2. The van der Waals surface area contributed by atoms with E-state index in [2.05, 4.69) is 53.7 Å². The molecule has 2 unspecified atom stereocenters. The van der Waals surface area contributed by atoms with Gasteiger partial charge in [0.15, 0.2) is 0 Å². The zero-order valence-electron chi connectivity index (χ0n) is 15.1. The molecule has 0 saturated heterocycles. The third-order valence-corrected chi connectivity index (χ3v) is 7.66. The van der Waals surface area contributed by atoms with Crippen LogP contribution in [0.3, 0.4) is 0 Å². The van der Waals surface area contributed by atoms with E-state index < -0.39 is 6.69 Å². The molecule has 4 heteroatoms. The maximum absolute atomic E-state index is 5.43. The van der Waals surface area contributed by atoms with Gasteiger partial charge in [-0.15, -0.1) is 22.2 Å². The van der Waals surface area contributed by atoms with Crippen molar-refractivity contribution in [3.63, 3.8) is 0 Å². The Kier molecular flexibility index (Phi) is 7.49. The van der Waals surface area contributed by atoms with Crippen LogP contribution in [-0.4, -0.2) is 6.69 Å². The van der Waals surface area contributed by atoms with E-state index in [1.54, 1.807) is 30.0 Å². The maximum atomic E-state index is 5.43. The van der Waals surface area contributed by atoms with Gasteiger partial charge >= 0.3 is 115 Å². The van der Waals surface area contributed by atoms with Crippen LogP contribution in [0.4, 0.5) is 0 Å². The van der Waals surface area contributed by atoms with Gasteiger partial charge in [-0.1, -0.05) is 0 Å². The van der Waals surface area contributed by atoms with Crippen molar-refractivity contribution >= 4 is 28.9 Å². The normalized spacial score (nSPS) is 25.0. The molecule has 0 amide bonds. The summed E-state index contributed by atoms with van der Waals surface area (Å²) in [6.07, 6.45) is 4.78. The summed E-state index contributed by atoms with van der Waals surface area (Å²) in [5, 5.41) is 0. The van der Waals surface area contributed by atoms with Crippen LogP contribution in [0, 0.1) is 11.8 Å². The Morgan fingerprint density at radius 2 is 1.09 bits per heavy atom. The van der Waals surface area contributed by atoms with Crippen LogP contribution in [-0.2, 0) is 19.2 Å². The van der Waals surface area contributed by atoms with E-state index in [9.17, 15) is 0 Å². The summed E-state index contributed by atoms with van der Waals surface area (Å²) < 4.78 is 3.51. The second kappa shape index (κ2) is 8.03. The molecule has 0 radical (unpaired) electrons. The van der Waals surface area contributed by atoms with Crippen molar-refractivity contribution in [2.45, 2.75) is 54.6 Å². The van der Waals surface area contributed by atoms with Gasteiger partial charge in [0.05, 0.1) is 0 Å². The van der Waals surface area contributed by atoms with Crippen molar-refractivity contribution in [1.82, 2.24) is 0 Å². The molecule has 0 saturated carbocycles. The van der Waals surface area contributed by atoms with Gasteiger partial charge in [-0.3, -0.25) is 0 Å². The van der Waals surface area contributed by atoms with Gasteiger partial charge in [0.2, 0.25) is 6.69 Å². The topological polar surface area (TPSA) is 0 Å². The third kappa shape index (κ3) is 5.83. The van der Waals surface area contributed by atoms with Gasteiger partial charge in [-0.05, 0) is 13.1 Å². The molecule has 0 spiro atoms. The van der Waals surface area contributed by atoms with Crippen LogP contribution in [0.5, 0.6) is 0 Å². The van der Waals surface area contributed by atoms with Crippen LogP contribution >= 0.6 is 22.2 Å². The van der Waals surface area contributed by atoms with Gasteiger partial charge in [0.1, 0.15) is 0 Å². The Bertz CT molecular complexity index is 512. The molecule has 2 atom stereocenters. The van der Waals surface area contributed by atoms with Crippen molar-refractivity contribution in [1.29, 1.82) is 0 Å². The summed E-state index contributed by atoms with van der Waals surface area (Å²) in [7, 11) is 0. The summed E-state index contributed by atoms with van der Waals surface area (Å²) in [5.41, 5.74) is 6.20. The molecule has 2 aliphatic rings. The Morgan fingerprint density at radius 1 is 0.818 bits per heavy atom. The van der Waals surface area contributed by atoms with Crippen LogP contribution < -0.4 is 0 Å². The molecule has 0 aromatic rings. The van der Waals surface area contributed by atoms with Crippen LogP contribution in [0.2, 0.25) is 13.1 Å². The summed E-state index contributed by atoms with van der Waals surface area (Å²) in [4.78, 5) is 0. The van der Waals surface area contributed by atoms with E-state index in [0.717, 1.165) is 0 Å². The third-order valence-electron chi connectivity index (χ3n) is 4.24. The smallest absolute Gasteiger partial charge is 0.146 e. The number of rotatable bonds is 2. The first kappa shape index (κ1) is 20.5. The Balaban J connectivity index is 0.000000422. The van der Waals surface area contributed by atoms with E-state index >= 15 is 0 Å². The van der Waals surface area contributed by atoms with E-state index in [-0.39, 0.29) is 19.2 Å². The van der Waals surface area contributed by atoms with Gasteiger partial charge in [0.25, 0.3) is 0 Å². The Labute approximate surface area is 156 Å². The predicted octanol–water partition coefficient (Wildman–Crippen LogP) is 6.97. The Morgan fingerprint density at radius 3 is 1.27 bits per heavy atom. The molecule has 0 aromatic carbocycles. The molecule has 22 heavy (non-hydrogen) atoms. The van der Waals surface area contributed by atoms with Gasteiger partial charge < -0.3 is 0 Å². The minimum atomic E-state index is -1.67. The van der Waals surface area contributed by atoms with Crippen molar-refractivity contribution < 1.29 is 19.2 Å². The van der Waals surface area contributed by atoms with Crippen molar-refractivity contribution in [3.05, 3.63) is 42.2 Å². The summed E-state index contributed by atoms with van der Waals surface area (Å²) >= 11 is 10.8. The predicted molar refractivity (Wildman–Crippen MR) is 100 cm³/mol. The van der Waals surface area contributed by atoms with E-state index in [1.165, 1.54) is 0 Å². The SMILES string of the molecule is CC1=CC(C)=[C]([Ti][C]2=C(C)C=C(C)C2C)C1C.C[Si](C)(Cl)Cl. The molecule has 0 N–H and O–H groups in total. The summed E-state index contributed by atoms with van der Waals surface area (Å²) in [6.45, 7) is 15.9. The first-order valence-corrected chi connectivity index (χ1v) is 14.4. The minimum absolute atomic E-state index is 0.0939. The first-order valence-electron chi connectivity index (χ1n) is 7.84. The average Bonchev–Trinajstić information content (AvgIpc) is 2.71. The molecule has 122 valence electrons. The van der Waals surface area contributed by atoms with E-state index in [1.807, 2.05) is 13.1 Å². The van der Waals surface area contributed by atoms with E-state index in [4.69, 9.17) is 22.2 Å². The van der Waals surface area contributed by atoms with Gasteiger partial charge in [0, 0.05) is 0 Å². The molecule has 0 nitrogen and oxygen atoms in total. The quantitative estimate of drug-likeness (QED) is 0.352. The zero-order valence-corrected chi connectivity index (χ0v) is 19.1. The number of hydrogen-bond acceptors (Lipinski definition) is 0. The van der Waals surface area contributed by atoms with Crippen molar-refractivity contribution in [2.75, 3.05) is 0 Å². The molecular weight excluding hydrogens is 363 g/mol. The molecule has 0 heterocycles. The molecule has 2 rings (SSSR count). The number of allylic oxidation sites excluding steroid dienone is 8. The average molecular weight is 391 g/mol. The standard InChI is InChI=1S/2C8H11.C2H6Cl2Si.Ti/c2*1-6-4-7(2)8(3)5-6;1-5(2,3)4;/h2*4,8H,1-3H3;1-2H3;. The fourth-order valence-corrected chi connectivity index (χ4v) is 5.47. The monoisotopic (exact) mass is 390 g/mol. The molecule has 0 aromatic heterocycles. The first-order chi connectivity index (χ1) is 9.91. The van der Waals surface area contributed by atoms with Crippen molar-refractivity contribution in [2.24, 2.45) is 11.8 Å². The fraction of sp³-hybridized carbons (Fsp3) is 0.556. The number of halogens is 2. The second-order valence-electron chi connectivity index (χ2n) is 6.87. The molecule has 0 fully saturated rings. The number of hydrogen-bond donors (Lipinski definition) is 0. The minimum Gasteiger partial charge on any atom is -0.146 e. The molecular formula is C18H28Cl2SiTi. The van der Waals surface area contributed by atoms with Crippen LogP contribution in [0.25, 0.3) is 0 Å². The van der Waals surface area contributed by atoms with Crippen molar-refractivity contribution in [3.8, 4) is 0 Å². The summed E-state index contributed by atoms with van der Waals surface area (Å²) in [5.74, 6) is 1.40. The fourth-order valence-electron chi connectivity index (χ4n) is 2.79.